The van der Waals surface area contributed by atoms with E-state index in [-0.39, 0.29) is 18.0 Å². The van der Waals surface area contributed by atoms with Crippen molar-refractivity contribution in [3.05, 3.63) is 65.2 Å². The Hall–Kier alpha value is -3.81. The van der Waals surface area contributed by atoms with E-state index in [1.165, 1.54) is 10.9 Å². The zero-order valence-electron chi connectivity index (χ0n) is 17.2. The lowest BCUT2D eigenvalue weighted by atomic mass is 10.2. The maximum Gasteiger partial charge on any atom is 0.278 e. The van der Waals surface area contributed by atoms with Crippen LogP contribution in [0.2, 0.25) is 0 Å². The van der Waals surface area contributed by atoms with Crippen molar-refractivity contribution in [3.63, 3.8) is 0 Å². The minimum Gasteiger partial charge on any atom is -0.497 e. The Morgan fingerprint density at radius 1 is 1.06 bits per heavy atom. The van der Waals surface area contributed by atoms with E-state index in [4.69, 9.17) is 4.74 Å². The van der Waals surface area contributed by atoms with Crippen molar-refractivity contribution in [2.45, 2.75) is 6.54 Å². The van der Waals surface area contributed by atoms with Gasteiger partial charge in [-0.05, 0) is 30.3 Å². The molecule has 0 atom stereocenters. The second-order valence-electron chi connectivity index (χ2n) is 7.64. The van der Waals surface area contributed by atoms with Gasteiger partial charge in [0.2, 0.25) is 5.91 Å². The van der Waals surface area contributed by atoms with Crippen LogP contribution in [-0.4, -0.2) is 58.6 Å². The van der Waals surface area contributed by atoms with Crippen LogP contribution in [0.15, 0.2) is 59.7 Å². The number of hydrogen-bond acceptors (Lipinski definition) is 5. The van der Waals surface area contributed by atoms with Crippen molar-refractivity contribution in [1.29, 1.82) is 0 Å². The van der Waals surface area contributed by atoms with Gasteiger partial charge in [0.1, 0.15) is 23.3 Å². The average molecular weight is 417 g/mol. The molecule has 158 valence electrons. The number of carbonyl (C=O) groups excluding carboxylic acids is 1. The maximum absolute atomic E-state index is 12.9. The minimum atomic E-state index is -0.230. The summed E-state index contributed by atoms with van der Waals surface area (Å²) in [6.07, 6.45) is 1.47. The molecule has 1 amide bonds. The van der Waals surface area contributed by atoms with Crippen LogP contribution in [0.1, 0.15) is 0 Å². The zero-order chi connectivity index (χ0) is 21.4. The highest BCUT2D eigenvalue weighted by Gasteiger charge is 2.22. The number of nitrogens with one attached hydrogen (secondary N) is 1. The SMILES string of the molecule is COc1ccc(N2CCN(C(=O)Cn3cnc4c([nH]c5ccccc54)c3=O)CC2)cc1. The molecule has 0 unspecified atom stereocenters. The molecular weight excluding hydrogens is 394 g/mol. The van der Waals surface area contributed by atoms with Gasteiger partial charge in [-0.15, -0.1) is 0 Å². The molecular formula is C23H23N5O3. The van der Waals surface area contributed by atoms with Crippen LogP contribution in [0.4, 0.5) is 5.69 Å². The van der Waals surface area contributed by atoms with E-state index in [9.17, 15) is 9.59 Å². The number of amides is 1. The molecule has 1 aliphatic rings. The van der Waals surface area contributed by atoms with E-state index in [2.05, 4.69) is 14.9 Å². The molecule has 0 saturated carbocycles. The average Bonchev–Trinajstić information content (AvgIpc) is 3.20. The van der Waals surface area contributed by atoms with Crippen LogP contribution in [0.3, 0.4) is 0 Å². The zero-order valence-corrected chi connectivity index (χ0v) is 17.2. The summed E-state index contributed by atoms with van der Waals surface area (Å²) in [5, 5.41) is 0.905. The first-order valence-corrected chi connectivity index (χ1v) is 10.3. The number of benzene rings is 2. The number of H-pyrrole nitrogens is 1. The second kappa shape index (κ2) is 7.79. The smallest absolute Gasteiger partial charge is 0.278 e. The van der Waals surface area contributed by atoms with Gasteiger partial charge in [-0.3, -0.25) is 14.2 Å². The molecule has 1 saturated heterocycles. The van der Waals surface area contributed by atoms with Gasteiger partial charge >= 0.3 is 0 Å². The second-order valence-corrected chi connectivity index (χ2v) is 7.64. The fraction of sp³-hybridized carbons (Fsp3) is 0.261. The monoisotopic (exact) mass is 417 g/mol. The number of rotatable bonds is 4. The lowest BCUT2D eigenvalue weighted by Crippen LogP contribution is -2.50. The van der Waals surface area contributed by atoms with Gasteiger partial charge in [0, 0.05) is 42.8 Å². The molecule has 0 bridgehead atoms. The van der Waals surface area contributed by atoms with Crippen LogP contribution < -0.4 is 15.2 Å². The van der Waals surface area contributed by atoms with Crippen LogP contribution in [0, 0.1) is 0 Å². The van der Waals surface area contributed by atoms with Crippen LogP contribution in [0.5, 0.6) is 5.75 Å². The minimum absolute atomic E-state index is 0.0142. The van der Waals surface area contributed by atoms with E-state index >= 15 is 0 Å². The summed E-state index contributed by atoms with van der Waals surface area (Å²) in [6.45, 7) is 2.70. The van der Waals surface area contributed by atoms with Gasteiger partial charge < -0.3 is 19.5 Å². The van der Waals surface area contributed by atoms with Crippen LogP contribution in [0.25, 0.3) is 21.9 Å². The standard InChI is InChI=1S/C23H23N5O3/c1-31-17-8-6-16(7-9-17)26-10-12-27(13-11-26)20(29)14-28-15-24-21-18-4-2-3-5-19(18)25-22(21)23(28)30/h2-9,15,25H,10-14H2,1H3. The van der Waals surface area contributed by atoms with Crippen molar-refractivity contribution in [1.82, 2.24) is 19.4 Å². The van der Waals surface area contributed by atoms with Crippen LogP contribution in [-0.2, 0) is 11.3 Å². The predicted molar refractivity (Wildman–Crippen MR) is 120 cm³/mol. The molecule has 0 spiro atoms. The molecule has 2 aromatic carbocycles. The molecule has 8 nitrogen and oxygen atoms in total. The summed E-state index contributed by atoms with van der Waals surface area (Å²) in [4.78, 5) is 37.4. The number of carbonyl (C=O) groups is 1. The topological polar surface area (TPSA) is 83.5 Å². The third-order valence-electron chi connectivity index (χ3n) is 5.86. The van der Waals surface area contributed by atoms with Gasteiger partial charge in [0.15, 0.2) is 0 Å². The number of aromatic amines is 1. The predicted octanol–water partition coefficient (Wildman–Crippen LogP) is 2.24. The molecule has 5 rings (SSSR count). The van der Waals surface area contributed by atoms with Gasteiger partial charge in [-0.2, -0.15) is 0 Å². The Labute approximate surface area is 178 Å². The number of anilines is 1. The summed E-state index contributed by atoms with van der Waals surface area (Å²) in [5.41, 5.74) is 2.81. The molecule has 8 heteroatoms. The molecule has 3 heterocycles. The van der Waals surface area contributed by atoms with E-state index in [1.54, 1.807) is 7.11 Å². The Kier molecular flexibility index (Phi) is 4.82. The van der Waals surface area contributed by atoms with Crippen molar-refractivity contribution in [2.75, 3.05) is 38.2 Å². The van der Waals surface area contributed by atoms with Crippen LogP contribution >= 0.6 is 0 Å². The number of piperazine rings is 1. The highest BCUT2D eigenvalue weighted by atomic mass is 16.5. The number of ether oxygens (including phenoxy) is 1. The molecule has 1 N–H and O–H groups in total. The molecule has 0 aliphatic carbocycles. The molecule has 4 aromatic rings. The normalized spacial score (nSPS) is 14.4. The van der Waals surface area contributed by atoms with Crippen molar-refractivity contribution in [2.24, 2.45) is 0 Å². The Morgan fingerprint density at radius 3 is 2.55 bits per heavy atom. The van der Waals surface area contributed by atoms with E-state index < -0.39 is 0 Å². The third kappa shape index (κ3) is 3.50. The van der Waals surface area contributed by atoms with Gasteiger partial charge in [0.25, 0.3) is 5.56 Å². The van der Waals surface area contributed by atoms with Gasteiger partial charge in [-0.1, -0.05) is 18.2 Å². The Balaban J connectivity index is 1.28. The van der Waals surface area contributed by atoms with Gasteiger partial charge in [-0.25, -0.2) is 4.98 Å². The number of fused-ring (bicyclic) bond motifs is 3. The Bertz CT molecular complexity index is 1300. The first kappa shape index (κ1) is 19.2. The molecule has 1 fully saturated rings. The van der Waals surface area contributed by atoms with E-state index in [1.807, 2.05) is 53.4 Å². The molecule has 2 aromatic heterocycles. The first-order chi connectivity index (χ1) is 15.1. The lowest BCUT2D eigenvalue weighted by Gasteiger charge is -2.36. The number of hydrogen-bond donors (Lipinski definition) is 1. The molecule has 31 heavy (non-hydrogen) atoms. The molecule has 0 radical (unpaired) electrons. The fourth-order valence-electron chi connectivity index (χ4n) is 4.10. The maximum atomic E-state index is 12.9. The highest BCUT2D eigenvalue weighted by molar-refractivity contribution is 6.04. The first-order valence-electron chi connectivity index (χ1n) is 10.3. The summed E-state index contributed by atoms with van der Waals surface area (Å²) < 4.78 is 6.59. The third-order valence-corrected chi connectivity index (χ3v) is 5.86. The number of methoxy groups -OCH3 is 1. The summed E-state index contributed by atoms with van der Waals surface area (Å²) >= 11 is 0. The summed E-state index contributed by atoms with van der Waals surface area (Å²) in [5.74, 6) is 0.747. The summed E-state index contributed by atoms with van der Waals surface area (Å²) in [6, 6.07) is 15.6. The van der Waals surface area contributed by atoms with E-state index in [0.717, 1.165) is 35.4 Å². The number of aromatic nitrogens is 3. The molecule has 1 aliphatic heterocycles. The fourth-order valence-corrected chi connectivity index (χ4v) is 4.10. The number of nitrogens with zero attached hydrogens (tertiary/aromatic N) is 4. The lowest BCUT2D eigenvalue weighted by molar-refractivity contribution is -0.132. The van der Waals surface area contributed by atoms with Crippen molar-refractivity contribution < 1.29 is 9.53 Å². The van der Waals surface area contributed by atoms with Crippen molar-refractivity contribution >= 4 is 33.5 Å². The highest BCUT2D eigenvalue weighted by Crippen LogP contribution is 2.22. The van der Waals surface area contributed by atoms with Gasteiger partial charge in [0.05, 0.1) is 13.4 Å². The quantitative estimate of drug-likeness (QED) is 0.551. The Morgan fingerprint density at radius 2 is 1.81 bits per heavy atom. The number of para-hydroxylation sites is 1. The summed E-state index contributed by atoms with van der Waals surface area (Å²) in [7, 11) is 1.65. The van der Waals surface area contributed by atoms with E-state index in [0.29, 0.717) is 24.1 Å². The largest absolute Gasteiger partial charge is 0.497 e. The van der Waals surface area contributed by atoms with Crippen molar-refractivity contribution in [3.8, 4) is 5.75 Å².